The van der Waals surface area contributed by atoms with Gasteiger partial charge in [-0.2, -0.15) is 0 Å². The highest BCUT2D eigenvalue weighted by Gasteiger charge is 2.29. The molecular formula is C19H26ClNO5. The van der Waals surface area contributed by atoms with E-state index in [-0.39, 0.29) is 18.4 Å². The van der Waals surface area contributed by atoms with Crippen molar-refractivity contribution in [3.05, 3.63) is 22.7 Å². The van der Waals surface area contributed by atoms with Gasteiger partial charge in [-0.15, -0.1) is 0 Å². The van der Waals surface area contributed by atoms with Crippen LogP contribution < -0.4 is 9.47 Å². The number of ether oxygens (including phenoxy) is 2. The second-order valence-electron chi connectivity index (χ2n) is 6.42. The molecule has 1 heterocycles. The molecular weight excluding hydrogens is 358 g/mol. The summed E-state index contributed by atoms with van der Waals surface area (Å²) in [5, 5.41) is 9.27. The number of carboxylic acids is 1. The fourth-order valence-corrected chi connectivity index (χ4v) is 3.48. The van der Waals surface area contributed by atoms with E-state index >= 15 is 0 Å². The molecule has 1 fully saturated rings. The molecule has 0 aromatic heterocycles. The van der Waals surface area contributed by atoms with Crippen LogP contribution in [-0.2, 0) is 4.79 Å². The van der Waals surface area contributed by atoms with E-state index in [0.29, 0.717) is 41.7 Å². The van der Waals surface area contributed by atoms with Crippen molar-refractivity contribution in [2.45, 2.75) is 51.5 Å². The van der Waals surface area contributed by atoms with Crippen molar-refractivity contribution >= 4 is 23.5 Å². The molecule has 1 saturated heterocycles. The summed E-state index contributed by atoms with van der Waals surface area (Å²) in [6.07, 6.45) is 4.09. The third kappa shape index (κ3) is 5.04. The number of nitrogens with zero attached hydrogens (tertiary/aromatic N) is 1. The van der Waals surface area contributed by atoms with Crippen LogP contribution in [0.3, 0.4) is 0 Å². The summed E-state index contributed by atoms with van der Waals surface area (Å²) in [5.74, 6) is -0.130. The van der Waals surface area contributed by atoms with Crippen molar-refractivity contribution in [1.82, 2.24) is 4.90 Å². The normalized spacial score (nSPS) is 17.0. The van der Waals surface area contributed by atoms with Crippen LogP contribution >= 0.6 is 11.6 Å². The minimum Gasteiger partial charge on any atom is -0.493 e. The summed E-state index contributed by atoms with van der Waals surface area (Å²) in [7, 11) is 1.51. The molecule has 0 spiro atoms. The summed E-state index contributed by atoms with van der Waals surface area (Å²) in [6, 6.07) is 3.18. The van der Waals surface area contributed by atoms with Crippen LogP contribution in [0.4, 0.5) is 0 Å². The van der Waals surface area contributed by atoms with Crippen LogP contribution in [0.25, 0.3) is 0 Å². The molecule has 144 valence electrons. The fraction of sp³-hybridized carbons (Fsp3) is 0.579. The molecule has 0 radical (unpaired) electrons. The van der Waals surface area contributed by atoms with Crippen LogP contribution in [0.15, 0.2) is 12.1 Å². The lowest BCUT2D eigenvalue weighted by atomic mass is 9.97. The summed E-state index contributed by atoms with van der Waals surface area (Å²) < 4.78 is 11.0. The van der Waals surface area contributed by atoms with Crippen molar-refractivity contribution in [1.29, 1.82) is 0 Å². The summed E-state index contributed by atoms with van der Waals surface area (Å²) in [6.45, 7) is 3.12. The highest BCUT2D eigenvalue weighted by molar-refractivity contribution is 6.32. The number of hydrogen-bond acceptors (Lipinski definition) is 4. The summed E-state index contributed by atoms with van der Waals surface area (Å²) >= 11 is 6.32. The van der Waals surface area contributed by atoms with E-state index in [1.807, 2.05) is 6.92 Å². The number of carbonyl (C=O) groups excluding carboxylic acids is 1. The van der Waals surface area contributed by atoms with E-state index in [0.717, 1.165) is 25.7 Å². The maximum absolute atomic E-state index is 13.0. The molecule has 7 heteroatoms. The predicted octanol–water partition coefficient (Wildman–Crippen LogP) is 4.00. The number of carbonyl (C=O) groups is 2. The molecule has 1 N–H and O–H groups in total. The van der Waals surface area contributed by atoms with Gasteiger partial charge in [0.05, 0.1) is 18.7 Å². The monoisotopic (exact) mass is 383 g/mol. The number of piperidine rings is 1. The molecule has 1 aliphatic rings. The van der Waals surface area contributed by atoms with Gasteiger partial charge in [-0.25, -0.2) is 0 Å². The van der Waals surface area contributed by atoms with E-state index in [2.05, 4.69) is 0 Å². The number of likely N-dealkylation sites (tertiary alicyclic amines) is 1. The SMILES string of the molecule is CCCOc1c(Cl)cc(C(=O)N2CCCCC2CCC(=O)O)cc1OC. The molecule has 1 amide bonds. The van der Waals surface area contributed by atoms with Crippen molar-refractivity contribution in [2.24, 2.45) is 0 Å². The number of hydrogen-bond donors (Lipinski definition) is 1. The van der Waals surface area contributed by atoms with Crippen LogP contribution in [0, 0.1) is 0 Å². The van der Waals surface area contributed by atoms with Crippen LogP contribution in [0.5, 0.6) is 11.5 Å². The second kappa shape index (κ2) is 9.67. The van der Waals surface area contributed by atoms with Gasteiger partial charge < -0.3 is 19.5 Å². The van der Waals surface area contributed by atoms with Gasteiger partial charge in [0.2, 0.25) is 0 Å². The summed E-state index contributed by atoms with van der Waals surface area (Å²) in [5.41, 5.74) is 0.429. The quantitative estimate of drug-likeness (QED) is 0.734. The Balaban J connectivity index is 2.23. The standard InChI is InChI=1S/C19H26ClNO5/c1-3-10-26-18-15(20)11-13(12-16(18)25-2)19(24)21-9-5-4-6-14(21)7-8-17(22)23/h11-12,14H,3-10H2,1-2H3,(H,22,23). The third-order valence-corrected chi connectivity index (χ3v) is 4.79. The topological polar surface area (TPSA) is 76.1 Å². The van der Waals surface area contributed by atoms with Crippen LogP contribution in [-0.4, -0.2) is 48.2 Å². The predicted molar refractivity (Wildman–Crippen MR) is 99.3 cm³/mol. The van der Waals surface area contributed by atoms with Crippen molar-refractivity contribution in [3.63, 3.8) is 0 Å². The number of benzene rings is 1. The molecule has 1 aromatic carbocycles. The number of amides is 1. The van der Waals surface area contributed by atoms with Gasteiger partial charge in [0.25, 0.3) is 5.91 Å². The van der Waals surface area contributed by atoms with Crippen LogP contribution in [0.1, 0.15) is 55.8 Å². The zero-order valence-corrected chi connectivity index (χ0v) is 16.1. The molecule has 2 rings (SSSR count). The van der Waals surface area contributed by atoms with E-state index < -0.39 is 5.97 Å². The van der Waals surface area contributed by atoms with Gasteiger partial charge in [-0.05, 0) is 44.2 Å². The first-order chi connectivity index (χ1) is 12.5. The zero-order chi connectivity index (χ0) is 19.1. The van der Waals surface area contributed by atoms with Crippen molar-refractivity contribution in [2.75, 3.05) is 20.3 Å². The molecule has 1 atom stereocenters. The Hall–Kier alpha value is -1.95. The first-order valence-electron chi connectivity index (χ1n) is 9.01. The Morgan fingerprint density at radius 1 is 1.35 bits per heavy atom. The largest absolute Gasteiger partial charge is 0.493 e. The van der Waals surface area contributed by atoms with Gasteiger partial charge in [-0.1, -0.05) is 18.5 Å². The highest BCUT2D eigenvalue weighted by atomic mass is 35.5. The van der Waals surface area contributed by atoms with E-state index in [4.69, 9.17) is 26.2 Å². The Morgan fingerprint density at radius 2 is 2.12 bits per heavy atom. The van der Waals surface area contributed by atoms with Gasteiger partial charge in [-0.3, -0.25) is 9.59 Å². The average Bonchev–Trinajstić information content (AvgIpc) is 2.64. The Morgan fingerprint density at radius 3 is 2.77 bits per heavy atom. The first kappa shape index (κ1) is 20.4. The van der Waals surface area contributed by atoms with E-state index in [9.17, 15) is 9.59 Å². The molecule has 26 heavy (non-hydrogen) atoms. The molecule has 0 saturated carbocycles. The Labute approximate surface area is 159 Å². The lowest BCUT2D eigenvalue weighted by Gasteiger charge is -2.36. The molecule has 1 aromatic rings. The molecule has 0 bridgehead atoms. The van der Waals surface area contributed by atoms with Gasteiger partial charge >= 0.3 is 5.97 Å². The smallest absolute Gasteiger partial charge is 0.303 e. The molecule has 1 unspecified atom stereocenters. The molecule has 0 aliphatic carbocycles. The minimum absolute atomic E-state index is 0.0579. The number of rotatable bonds is 8. The Bertz CT molecular complexity index is 649. The minimum atomic E-state index is -0.842. The maximum atomic E-state index is 13.0. The number of methoxy groups -OCH3 is 1. The molecule has 1 aliphatic heterocycles. The highest BCUT2D eigenvalue weighted by Crippen LogP contribution is 2.37. The van der Waals surface area contributed by atoms with Gasteiger partial charge in [0.15, 0.2) is 11.5 Å². The zero-order valence-electron chi connectivity index (χ0n) is 15.3. The maximum Gasteiger partial charge on any atom is 0.303 e. The molecule has 6 nitrogen and oxygen atoms in total. The van der Waals surface area contributed by atoms with Gasteiger partial charge in [0.1, 0.15) is 0 Å². The lowest BCUT2D eigenvalue weighted by Crippen LogP contribution is -2.44. The fourth-order valence-electron chi connectivity index (χ4n) is 3.21. The average molecular weight is 384 g/mol. The van der Waals surface area contributed by atoms with E-state index in [1.165, 1.54) is 7.11 Å². The lowest BCUT2D eigenvalue weighted by molar-refractivity contribution is -0.137. The third-order valence-electron chi connectivity index (χ3n) is 4.51. The summed E-state index contributed by atoms with van der Waals surface area (Å²) in [4.78, 5) is 25.7. The van der Waals surface area contributed by atoms with Crippen LogP contribution in [0.2, 0.25) is 5.02 Å². The van der Waals surface area contributed by atoms with Crippen molar-refractivity contribution < 1.29 is 24.2 Å². The number of halogens is 1. The Kier molecular flexibility index (Phi) is 7.57. The number of aliphatic carboxylic acids is 1. The van der Waals surface area contributed by atoms with Gasteiger partial charge in [0, 0.05) is 24.6 Å². The van der Waals surface area contributed by atoms with E-state index in [1.54, 1.807) is 17.0 Å². The number of carboxylic acid groups (broad SMARTS) is 1. The second-order valence-corrected chi connectivity index (χ2v) is 6.83. The van der Waals surface area contributed by atoms with Crippen molar-refractivity contribution in [3.8, 4) is 11.5 Å². The first-order valence-corrected chi connectivity index (χ1v) is 9.38.